The number of halogens is 1. The predicted octanol–water partition coefficient (Wildman–Crippen LogP) is 3.77. The third kappa shape index (κ3) is 5.14. The summed E-state index contributed by atoms with van der Waals surface area (Å²) in [4.78, 5) is 33.5. The number of H-pyrrole nitrogens is 1. The lowest BCUT2D eigenvalue weighted by molar-refractivity contribution is 0.0859. The zero-order valence-electron chi connectivity index (χ0n) is 21.3. The van der Waals surface area contributed by atoms with Gasteiger partial charge in [0.2, 0.25) is 0 Å². The van der Waals surface area contributed by atoms with Gasteiger partial charge in [-0.3, -0.25) is 14.3 Å². The van der Waals surface area contributed by atoms with Crippen LogP contribution in [0.25, 0.3) is 10.9 Å². The molecule has 4 heterocycles. The Morgan fingerprint density at radius 2 is 1.78 bits per heavy atom. The molecule has 2 aromatic heterocycles. The molecule has 192 valence electrons. The highest BCUT2D eigenvalue weighted by atomic mass is 79.9. The predicted molar refractivity (Wildman–Crippen MR) is 146 cm³/mol. The molecule has 3 aromatic rings. The number of nitrogens with one attached hydrogen (secondary N) is 2. The van der Waals surface area contributed by atoms with Crippen LogP contribution in [0.1, 0.15) is 58.9 Å². The Kier molecular flexibility index (Phi) is 7.32. The van der Waals surface area contributed by atoms with Crippen molar-refractivity contribution in [2.45, 2.75) is 58.2 Å². The van der Waals surface area contributed by atoms with Gasteiger partial charge in [-0.2, -0.15) is 5.10 Å². The molecule has 1 amide bonds. The van der Waals surface area contributed by atoms with E-state index in [4.69, 9.17) is 5.10 Å². The zero-order chi connectivity index (χ0) is 25.4. The molecule has 0 bridgehead atoms. The maximum absolute atomic E-state index is 13.2. The fourth-order valence-corrected chi connectivity index (χ4v) is 6.26. The number of aromatic nitrogens is 3. The van der Waals surface area contributed by atoms with Crippen LogP contribution in [0.4, 0.5) is 0 Å². The monoisotopic (exact) mass is 554 g/mol. The number of hydrogen-bond acceptors (Lipinski definition) is 5. The summed E-state index contributed by atoms with van der Waals surface area (Å²) in [6, 6.07) is 6.83. The van der Waals surface area contributed by atoms with E-state index in [-0.39, 0.29) is 18.0 Å². The lowest BCUT2D eigenvalue weighted by Crippen LogP contribution is -2.47. The molecule has 0 atom stereocenters. The first-order chi connectivity index (χ1) is 17.3. The van der Waals surface area contributed by atoms with Gasteiger partial charge in [-0.15, -0.1) is 0 Å². The second-order valence-electron chi connectivity index (χ2n) is 10.4. The number of carbonyl (C=O) groups excluding carboxylic acids is 1. The summed E-state index contributed by atoms with van der Waals surface area (Å²) >= 11 is 3.60. The molecule has 0 spiro atoms. The topological polar surface area (TPSA) is 86.3 Å². The lowest BCUT2D eigenvalue weighted by Gasteiger charge is -2.41. The molecule has 1 aromatic carbocycles. The summed E-state index contributed by atoms with van der Waals surface area (Å²) in [7, 11) is 2.21. The number of nitrogens with zero attached hydrogens (tertiary/aromatic N) is 4. The summed E-state index contributed by atoms with van der Waals surface area (Å²) in [5.41, 5.74) is 3.63. The van der Waals surface area contributed by atoms with E-state index >= 15 is 0 Å². The number of hydrogen-bond donors (Lipinski definition) is 2. The number of amides is 1. The molecule has 9 heteroatoms. The average Bonchev–Trinajstić information content (AvgIpc) is 3.27. The molecule has 0 saturated carbocycles. The van der Waals surface area contributed by atoms with Crippen molar-refractivity contribution in [2.75, 3.05) is 33.2 Å². The van der Waals surface area contributed by atoms with Crippen molar-refractivity contribution in [1.82, 2.24) is 29.9 Å². The van der Waals surface area contributed by atoms with E-state index in [0.29, 0.717) is 23.2 Å². The van der Waals surface area contributed by atoms with Crippen LogP contribution in [0.3, 0.4) is 0 Å². The molecule has 2 fully saturated rings. The first kappa shape index (κ1) is 25.2. The molecular formula is C27H35BrN6O2. The third-order valence-electron chi connectivity index (χ3n) is 7.89. The van der Waals surface area contributed by atoms with Crippen LogP contribution in [-0.2, 0) is 6.54 Å². The maximum Gasteiger partial charge on any atom is 0.253 e. The largest absolute Gasteiger partial charge is 0.348 e. The normalized spacial score (nSPS) is 18.7. The van der Waals surface area contributed by atoms with Gasteiger partial charge in [0.25, 0.3) is 11.5 Å². The molecule has 36 heavy (non-hydrogen) atoms. The van der Waals surface area contributed by atoms with Gasteiger partial charge in [0, 0.05) is 46.8 Å². The Morgan fingerprint density at radius 1 is 1.08 bits per heavy atom. The van der Waals surface area contributed by atoms with Gasteiger partial charge >= 0.3 is 0 Å². The van der Waals surface area contributed by atoms with Gasteiger partial charge in [-0.25, -0.2) is 0 Å². The number of rotatable bonds is 5. The maximum atomic E-state index is 13.2. The van der Waals surface area contributed by atoms with Gasteiger partial charge in [-0.1, -0.05) is 15.9 Å². The molecule has 0 unspecified atom stereocenters. The third-order valence-corrected chi connectivity index (χ3v) is 8.35. The SMILES string of the molecule is Cc1cc(C)c(CNC(=O)c2cc(Br)cc3c2cnn3C2CCN(C3CCN(C)CC3)CC2)c(=O)[nH]1. The van der Waals surface area contributed by atoms with Crippen molar-refractivity contribution in [2.24, 2.45) is 0 Å². The van der Waals surface area contributed by atoms with E-state index in [9.17, 15) is 9.59 Å². The lowest BCUT2D eigenvalue weighted by atomic mass is 9.98. The van der Waals surface area contributed by atoms with E-state index in [0.717, 1.165) is 52.6 Å². The van der Waals surface area contributed by atoms with E-state index < -0.39 is 0 Å². The number of carbonyl (C=O) groups is 1. The molecule has 2 aliphatic rings. The number of fused-ring (bicyclic) bond motifs is 1. The average molecular weight is 556 g/mol. The van der Waals surface area contributed by atoms with Crippen LogP contribution in [-0.4, -0.2) is 69.7 Å². The van der Waals surface area contributed by atoms with Gasteiger partial charge in [0.15, 0.2) is 0 Å². The van der Waals surface area contributed by atoms with Crippen LogP contribution in [0.2, 0.25) is 0 Å². The Hall–Kier alpha value is -2.49. The molecule has 2 aliphatic heterocycles. The standard InChI is InChI=1S/C27H35BrN6O2/c1-17-12-18(2)31-27(36)23(17)15-29-26(35)22-13-19(28)14-25-24(22)16-30-34(25)21-6-10-33(11-7-21)20-4-8-32(3)9-5-20/h12-14,16,20-21H,4-11,15H2,1-3H3,(H,29,35)(H,31,36). The summed E-state index contributed by atoms with van der Waals surface area (Å²) in [5.74, 6) is -0.211. The minimum Gasteiger partial charge on any atom is -0.348 e. The number of benzene rings is 1. The van der Waals surface area contributed by atoms with E-state index in [1.165, 1.54) is 25.9 Å². The highest BCUT2D eigenvalue weighted by molar-refractivity contribution is 9.10. The fraction of sp³-hybridized carbons (Fsp3) is 0.519. The number of likely N-dealkylation sites (tertiary alicyclic amines) is 2. The van der Waals surface area contributed by atoms with E-state index in [1.54, 1.807) is 0 Å². The zero-order valence-corrected chi connectivity index (χ0v) is 22.9. The number of pyridine rings is 1. The first-order valence-corrected chi connectivity index (χ1v) is 13.7. The van der Waals surface area contributed by atoms with Gasteiger partial charge in [0.1, 0.15) is 0 Å². The van der Waals surface area contributed by atoms with E-state index in [1.807, 2.05) is 32.2 Å². The quantitative estimate of drug-likeness (QED) is 0.501. The van der Waals surface area contributed by atoms with Crippen molar-refractivity contribution in [3.63, 3.8) is 0 Å². The van der Waals surface area contributed by atoms with Crippen molar-refractivity contribution in [3.05, 3.63) is 61.6 Å². The van der Waals surface area contributed by atoms with Crippen molar-refractivity contribution in [3.8, 4) is 0 Å². The number of aromatic amines is 1. The van der Waals surface area contributed by atoms with Crippen LogP contribution in [0.15, 0.2) is 33.7 Å². The van der Waals surface area contributed by atoms with Crippen LogP contribution < -0.4 is 10.9 Å². The smallest absolute Gasteiger partial charge is 0.253 e. The Balaban J connectivity index is 1.31. The molecule has 0 radical (unpaired) electrons. The summed E-state index contributed by atoms with van der Waals surface area (Å²) in [6.07, 6.45) is 6.44. The summed E-state index contributed by atoms with van der Waals surface area (Å²) < 4.78 is 2.95. The highest BCUT2D eigenvalue weighted by Crippen LogP contribution is 2.31. The second kappa shape index (κ2) is 10.5. The molecule has 8 nitrogen and oxygen atoms in total. The highest BCUT2D eigenvalue weighted by Gasteiger charge is 2.29. The number of aryl methyl sites for hydroxylation is 2. The second-order valence-corrected chi connectivity index (χ2v) is 11.3. The van der Waals surface area contributed by atoms with Crippen molar-refractivity contribution >= 4 is 32.7 Å². The Labute approximate surface area is 220 Å². The minimum atomic E-state index is -0.211. The Bertz CT molecular complexity index is 1320. The molecule has 2 saturated heterocycles. The molecule has 5 rings (SSSR count). The van der Waals surface area contributed by atoms with Crippen molar-refractivity contribution in [1.29, 1.82) is 0 Å². The van der Waals surface area contributed by atoms with Crippen molar-refractivity contribution < 1.29 is 4.79 Å². The molecule has 0 aliphatic carbocycles. The molecule has 2 N–H and O–H groups in total. The van der Waals surface area contributed by atoms with Crippen LogP contribution >= 0.6 is 15.9 Å². The fourth-order valence-electron chi connectivity index (χ4n) is 5.81. The first-order valence-electron chi connectivity index (χ1n) is 12.9. The summed E-state index contributed by atoms with van der Waals surface area (Å²) in [5, 5.41) is 8.52. The van der Waals surface area contributed by atoms with Gasteiger partial charge in [-0.05, 0) is 83.4 Å². The Morgan fingerprint density at radius 3 is 2.47 bits per heavy atom. The van der Waals surface area contributed by atoms with E-state index in [2.05, 4.69) is 53.8 Å². The molecular weight excluding hydrogens is 520 g/mol. The minimum absolute atomic E-state index is 0.161. The summed E-state index contributed by atoms with van der Waals surface area (Å²) in [6.45, 7) is 8.47. The van der Waals surface area contributed by atoms with Gasteiger partial charge in [0.05, 0.1) is 23.3 Å². The van der Waals surface area contributed by atoms with Gasteiger partial charge < -0.3 is 20.1 Å². The van der Waals surface area contributed by atoms with Crippen LogP contribution in [0.5, 0.6) is 0 Å². The number of piperidine rings is 2. The van der Waals surface area contributed by atoms with Crippen LogP contribution in [0, 0.1) is 13.8 Å².